The van der Waals surface area contributed by atoms with Crippen LogP contribution in [0.2, 0.25) is 0 Å². The molecule has 1 aliphatic heterocycles. The zero-order valence-electron chi connectivity index (χ0n) is 17.4. The van der Waals surface area contributed by atoms with Crippen LogP contribution in [0.3, 0.4) is 0 Å². The third-order valence-corrected chi connectivity index (χ3v) is 5.89. The highest BCUT2D eigenvalue weighted by Gasteiger charge is 2.35. The first kappa shape index (κ1) is 19.4. The first-order valence-electron chi connectivity index (χ1n) is 10.2. The van der Waals surface area contributed by atoms with Crippen LogP contribution in [-0.2, 0) is 13.0 Å². The van der Waals surface area contributed by atoms with Crippen LogP contribution in [0.15, 0.2) is 35.3 Å². The van der Waals surface area contributed by atoms with Crippen molar-refractivity contribution >= 4 is 16.9 Å². The lowest BCUT2D eigenvalue weighted by molar-refractivity contribution is 0.0693. The molecular formula is C23H27N3O3. The number of carbonyl (C=O) groups is 1. The van der Waals surface area contributed by atoms with Gasteiger partial charge in [0, 0.05) is 17.6 Å². The second kappa shape index (κ2) is 6.87. The van der Waals surface area contributed by atoms with Crippen molar-refractivity contribution in [2.24, 2.45) is 5.41 Å². The molecule has 0 saturated carbocycles. The van der Waals surface area contributed by atoms with Crippen LogP contribution in [0, 0.1) is 5.41 Å². The van der Waals surface area contributed by atoms with Crippen LogP contribution in [-0.4, -0.2) is 25.4 Å². The Balaban J connectivity index is 2.01. The number of hydrogen-bond donors (Lipinski definition) is 1. The van der Waals surface area contributed by atoms with Gasteiger partial charge in [0.05, 0.1) is 29.5 Å². The molecule has 1 aliphatic rings. The molecule has 152 valence electrons. The van der Waals surface area contributed by atoms with Crippen molar-refractivity contribution in [1.82, 2.24) is 14.3 Å². The summed E-state index contributed by atoms with van der Waals surface area (Å²) < 4.78 is 3.98. The maximum Gasteiger partial charge on any atom is 0.341 e. The molecule has 6 nitrogen and oxygen atoms in total. The van der Waals surface area contributed by atoms with E-state index < -0.39 is 11.4 Å². The summed E-state index contributed by atoms with van der Waals surface area (Å²) in [5.74, 6) is -1.19. The summed E-state index contributed by atoms with van der Waals surface area (Å²) in [6.07, 6.45) is 4.70. The van der Waals surface area contributed by atoms with Gasteiger partial charge in [0.15, 0.2) is 5.43 Å². The Morgan fingerprint density at radius 2 is 2.07 bits per heavy atom. The molecule has 4 rings (SSSR count). The van der Waals surface area contributed by atoms with Gasteiger partial charge in [0.1, 0.15) is 5.56 Å². The molecule has 1 aromatic carbocycles. The molecule has 3 heterocycles. The molecule has 2 aromatic heterocycles. The molecule has 0 amide bonds. The highest BCUT2D eigenvalue weighted by Crippen LogP contribution is 2.42. The van der Waals surface area contributed by atoms with Gasteiger partial charge < -0.3 is 9.67 Å². The number of pyridine rings is 1. The zero-order chi connectivity index (χ0) is 20.9. The summed E-state index contributed by atoms with van der Waals surface area (Å²) in [7, 11) is 0. The van der Waals surface area contributed by atoms with E-state index in [0.717, 1.165) is 41.6 Å². The minimum absolute atomic E-state index is 0.0166. The maximum atomic E-state index is 12.5. The normalized spacial score (nSPS) is 15.9. The Morgan fingerprint density at radius 1 is 1.31 bits per heavy atom. The molecule has 1 N–H and O–H groups in total. The number of benzene rings is 1. The number of aryl methyl sites for hydroxylation is 1. The fourth-order valence-corrected chi connectivity index (χ4v) is 4.28. The summed E-state index contributed by atoms with van der Waals surface area (Å²) in [5, 5.41) is 15.4. The van der Waals surface area contributed by atoms with Crippen LogP contribution in [0.1, 0.15) is 62.5 Å². The van der Waals surface area contributed by atoms with Gasteiger partial charge in [-0.2, -0.15) is 5.10 Å². The second-order valence-electron chi connectivity index (χ2n) is 8.98. The fourth-order valence-electron chi connectivity index (χ4n) is 4.28. The van der Waals surface area contributed by atoms with Crippen LogP contribution >= 0.6 is 0 Å². The number of aromatic carboxylic acids is 1. The first-order chi connectivity index (χ1) is 13.7. The number of rotatable bonds is 4. The highest BCUT2D eigenvalue weighted by molar-refractivity contribution is 5.95. The van der Waals surface area contributed by atoms with E-state index in [-0.39, 0.29) is 17.0 Å². The molecule has 0 spiro atoms. The number of nitrogens with zero attached hydrogens (tertiary/aromatic N) is 3. The molecule has 3 aromatic rings. The second-order valence-corrected chi connectivity index (χ2v) is 8.98. The molecule has 0 aliphatic carbocycles. The third-order valence-electron chi connectivity index (χ3n) is 5.89. The van der Waals surface area contributed by atoms with E-state index >= 15 is 0 Å². The predicted molar refractivity (Wildman–Crippen MR) is 113 cm³/mol. The van der Waals surface area contributed by atoms with Crippen LogP contribution in [0.4, 0.5) is 0 Å². The van der Waals surface area contributed by atoms with Gasteiger partial charge in [-0.3, -0.25) is 9.48 Å². The Morgan fingerprint density at radius 3 is 2.72 bits per heavy atom. The largest absolute Gasteiger partial charge is 0.477 e. The van der Waals surface area contributed by atoms with Crippen LogP contribution < -0.4 is 5.43 Å². The van der Waals surface area contributed by atoms with Crippen LogP contribution in [0.5, 0.6) is 0 Å². The number of aromatic nitrogens is 3. The van der Waals surface area contributed by atoms with Gasteiger partial charge in [-0.05, 0) is 23.8 Å². The molecule has 6 heteroatoms. The highest BCUT2D eigenvalue weighted by atomic mass is 16.4. The fraction of sp³-hybridized carbons (Fsp3) is 0.435. The quantitative estimate of drug-likeness (QED) is 0.708. The molecule has 0 radical (unpaired) electrons. The Labute approximate surface area is 169 Å². The van der Waals surface area contributed by atoms with Crippen molar-refractivity contribution in [1.29, 1.82) is 0 Å². The third kappa shape index (κ3) is 3.16. The SMILES string of the molecule is CCCCc1cccc2c3n(nc12)CC(C(C)(C)C)n1cc(C(=O)O)c(=O)cc1-3. The minimum Gasteiger partial charge on any atom is -0.477 e. The molecule has 0 saturated heterocycles. The van der Waals surface area contributed by atoms with E-state index in [1.807, 2.05) is 21.4 Å². The van der Waals surface area contributed by atoms with E-state index in [9.17, 15) is 14.7 Å². The first-order valence-corrected chi connectivity index (χ1v) is 10.2. The standard InChI is InChI=1S/C23H27N3O3/c1-5-6-8-14-9-7-10-15-20(14)24-26-13-19(23(2,3)4)25-12-16(22(28)29)18(27)11-17(25)21(15)26/h7,9-12,19H,5-6,8,13H2,1-4H3,(H,28,29). The monoisotopic (exact) mass is 393 g/mol. The van der Waals surface area contributed by atoms with Gasteiger partial charge >= 0.3 is 5.97 Å². The van der Waals surface area contributed by atoms with Crippen molar-refractivity contribution < 1.29 is 9.90 Å². The summed E-state index contributed by atoms with van der Waals surface area (Å²) in [6.45, 7) is 9.19. The van der Waals surface area contributed by atoms with E-state index in [1.54, 1.807) is 0 Å². The Hall–Kier alpha value is -2.89. The number of carboxylic acid groups (broad SMARTS) is 1. The summed E-state index contributed by atoms with van der Waals surface area (Å²) in [6, 6.07) is 7.66. The molecule has 0 fully saturated rings. The number of hydrogen-bond acceptors (Lipinski definition) is 3. The maximum absolute atomic E-state index is 12.5. The van der Waals surface area contributed by atoms with Crippen molar-refractivity contribution in [3.8, 4) is 11.4 Å². The van der Waals surface area contributed by atoms with E-state index in [4.69, 9.17) is 5.10 Å². The number of fused-ring (bicyclic) bond motifs is 5. The zero-order valence-corrected chi connectivity index (χ0v) is 17.4. The topological polar surface area (TPSA) is 77.1 Å². The van der Waals surface area contributed by atoms with E-state index in [0.29, 0.717) is 6.54 Å². The van der Waals surface area contributed by atoms with Crippen molar-refractivity contribution in [2.75, 3.05) is 0 Å². The molecule has 0 bridgehead atoms. The molecule has 29 heavy (non-hydrogen) atoms. The average molecular weight is 393 g/mol. The summed E-state index contributed by atoms with van der Waals surface area (Å²) in [4.78, 5) is 24.1. The van der Waals surface area contributed by atoms with Crippen molar-refractivity contribution in [3.63, 3.8) is 0 Å². The van der Waals surface area contributed by atoms with E-state index in [2.05, 4.69) is 33.8 Å². The predicted octanol–water partition coefficient (Wildman–Crippen LogP) is 4.51. The molecule has 1 atom stereocenters. The Kier molecular flexibility index (Phi) is 4.60. The Bertz CT molecular complexity index is 1160. The lowest BCUT2D eigenvalue weighted by Gasteiger charge is -2.38. The van der Waals surface area contributed by atoms with Crippen molar-refractivity contribution in [2.45, 2.75) is 59.5 Å². The smallest absolute Gasteiger partial charge is 0.341 e. The van der Waals surface area contributed by atoms with Crippen LogP contribution in [0.25, 0.3) is 22.3 Å². The van der Waals surface area contributed by atoms with Gasteiger partial charge in [0.2, 0.25) is 0 Å². The molecular weight excluding hydrogens is 366 g/mol. The van der Waals surface area contributed by atoms with Gasteiger partial charge in [0.25, 0.3) is 0 Å². The summed E-state index contributed by atoms with van der Waals surface area (Å²) >= 11 is 0. The van der Waals surface area contributed by atoms with Gasteiger partial charge in [-0.25, -0.2) is 4.79 Å². The lowest BCUT2D eigenvalue weighted by Crippen LogP contribution is -2.35. The number of unbranched alkanes of at least 4 members (excludes halogenated alkanes) is 1. The summed E-state index contributed by atoms with van der Waals surface area (Å²) in [5.41, 5.74) is 3.03. The lowest BCUT2D eigenvalue weighted by atomic mass is 9.85. The molecule has 1 unspecified atom stereocenters. The van der Waals surface area contributed by atoms with Gasteiger partial charge in [-0.1, -0.05) is 52.3 Å². The van der Waals surface area contributed by atoms with E-state index in [1.165, 1.54) is 17.8 Å². The average Bonchev–Trinajstić information content (AvgIpc) is 3.03. The van der Waals surface area contributed by atoms with Crippen molar-refractivity contribution in [3.05, 3.63) is 51.8 Å². The number of carboxylic acids is 1. The van der Waals surface area contributed by atoms with Gasteiger partial charge in [-0.15, -0.1) is 0 Å². The minimum atomic E-state index is -1.19.